The largest absolute Gasteiger partial charge is 0.496 e. The van der Waals surface area contributed by atoms with E-state index >= 15 is 0 Å². The van der Waals surface area contributed by atoms with Crippen LogP contribution in [0.2, 0.25) is 0 Å². The maximum absolute atomic E-state index is 13.1. The van der Waals surface area contributed by atoms with Gasteiger partial charge in [0.25, 0.3) is 0 Å². The molecule has 0 radical (unpaired) electrons. The highest BCUT2D eigenvalue weighted by Gasteiger charge is 2.09. The smallest absolute Gasteiger partial charge is 0.131 e. The summed E-state index contributed by atoms with van der Waals surface area (Å²) in [6, 6.07) is 8.57. The van der Waals surface area contributed by atoms with Crippen molar-refractivity contribution in [3.05, 3.63) is 42.3 Å². The molecule has 0 aliphatic heterocycles. The molecular weight excluding hydrogens is 205 g/mol. The van der Waals surface area contributed by atoms with Crippen molar-refractivity contribution >= 4 is 0 Å². The molecule has 0 unspecified atom stereocenters. The number of ether oxygens (including phenoxy) is 1. The highest BCUT2D eigenvalue weighted by atomic mass is 19.1. The van der Waals surface area contributed by atoms with Crippen LogP contribution < -0.4 is 4.74 Å². The van der Waals surface area contributed by atoms with Gasteiger partial charge in [-0.15, -0.1) is 0 Å². The SMILES string of the molecule is CCn1cccc1-c1ccc(F)cc1OC. The number of rotatable bonds is 3. The van der Waals surface area contributed by atoms with E-state index in [-0.39, 0.29) is 5.82 Å². The topological polar surface area (TPSA) is 14.2 Å². The summed E-state index contributed by atoms with van der Waals surface area (Å²) in [5.41, 5.74) is 1.95. The van der Waals surface area contributed by atoms with Gasteiger partial charge in [0.15, 0.2) is 0 Å². The molecule has 0 aliphatic carbocycles. The molecule has 0 aliphatic rings. The summed E-state index contributed by atoms with van der Waals surface area (Å²) >= 11 is 0. The van der Waals surface area contributed by atoms with E-state index in [0.29, 0.717) is 5.75 Å². The summed E-state index contributed by atoms with van der Waals surface area (Å²) in [4.78, 5) is 0. The minimum absolute atomic E-state index is 0.282. The molecular formula is C13H14FNO. The quantitative estimate of drug-likeness (QED) is 0.772. The van der Waals surface area contributed by atoms with Crippen molar-refractivity contribution in [1.29, 1.82) is 0 Å². The van der Waals surface area contributed by atoms with Gasteiger partial charge in [-0.25, -0.2) is 4.39 Å². The predicted molar refractivity (Wildman–Crippen MR) is 62.1 cm³/mol. The first kappa shape index (κ1) is 10.7. The molecule has 84 valence electrons. The third-order valence-corrected chi connectivity index (χ3v) is 2.61. The molecule has 16 heavy (non-hydrogen) atoms. The zero-order chi connectivity index (χ0) is 11.5. The summed E-state index contributed by atoms with van der Waals surface area (Å²) in [5.74, 6) is 0.281. The molecule has 0 bridgehead atoms. The highest BCUT2D eigenvalue weighted by Crippen LogP contribution is 2.30. The zero-order valence-corrected chi connectivity index (χ0v) is 9.40. The molecule has 1 heterocycles. The molecule has 0 saturated carbocycles. The van der Waals surface area contributed by atoms with Crippen molar-refractivity contribution in [1.82, 2.24) is 4.57 Å². The van der Waals surface area contributed by atoms with Gasteiger partial charge in [0, 0.05) is 24.4 Å². The van der Waals surface area contributed by atoms with E-state index in [2.05, 4.69) is 11.5 Å². The average molecular weight is 219 g/mol. The van der Waals surface area contributed by atoms with Crippen molar-refractivity contribution in [2.75, 3.05) is 7.11 Å². The highest BCUT2D eigenvalue weighted by molar-refractivity contribution is 5.67. The summed E-state index contributed by atoms with van der Waals surface area (Å²) in [6.45, 7) is 2.95. The van der Waals surface area contributed by atoms with Crippen LogP contribution in [0.3, 0.4) is 0 Å². The van der Waals surface area contributed by atoms with Crippen molar-refractivity contribution in [2.45, 2.75) is 13.5 Å². The lowest BCUT2D eigenvalue weighted by molar-refractivity contribution is 0.412. The lowest BCUT2D eigenvalue weighted by Crippen LogP contribution is -1.97. The van der Waals surface area contributed by atoms with E-state index in [1.54, 1.807) is 13.2 Å². The van der Waals surface area contributed by atoms with Crippen LogP contribution in [0.4, 0.5) is 4.39 Å². The van der Waals surface area contributed by atoms with Gasteiger partial charge >= 0.3 is 0 Å². The minimum atomic E-state index is -0.282. The number of nitrogens with zero attached hydrogens (tertiary/aromatic N) is 1. The van der Waals surface area contributed by atoms with Gasteiger partial charge in [-0.1, -0.05) is 0 Å². The second-order valence-electron chi connectivity index (χ2n) is 3.52. The van der Waals surface area contributed by atoms with Crippen molar-refractivity contribution in [3.63, 3.8) is 0 Å². The lowest BCUT2D eigenvalue weighted by Gasteiger charge is -2.11. The predicted octanol–water partition coefficient (Wildman–Crippen LogP) is 3.32. The van der Waals surface area contributed by atoms with Crippen LogP contribution in [0.5, 0.6) is 5.75 Å². The first-order valence-electron chi connectivity index (χ1n) is 5.25. The number of aromatic nitrogens is 1. The molecule has 1 aromatic carbocycles. The molecule has 0 N–H and O–H groups in total. The Kier molecular flexibility index (Phi) is 2.95. The van der Waals surface area contributed by atoms with Gasteiger partial charge in [-0.2, -0.15) is 0 Å². The molecule has 0 saturated heterocycles. The van der Waals surface area contributed by atoms with Gasteiger partial charge in [0.05, 0.1) is 12.8 Å². The van der Waals surface area contributed by atoms with Crippen LogP contribution in [-0.4, -0.2) is 11.7 Å². The molecule has 2 rings (SSSR count). The maximum Gasteiger partial charge on any atom is 0.131 e. The van der Waals surface area contributed by atoms with Crippen LogP contribution in [0.1, 0.15) is 6.92 Å². The molecule has 0 amide bonds. The second kappa shape index (κ2) is 4.39. The van der Waals surface area contributed by atoms with Crippen LogP contribution in [0.25, 0.3) is 11.3 Å². The standard InChI is InChI=1S/C13H14FNO/c1-3-15-8-4-5-12(15)11-7-6-10(14)9-13(11)16-2/h4-9H,3H2,1-2H3. The van der Waals surface area contributed by atoms with Gasteiger partial charge in [-0.05, 0) is 31.2 Å². The summed E-state index contributed by atoms with van der Waals surface area (Å²) in [7, 11) is 1.55. The Hall–Kier alpha value is -1.77. The Labute approximate surface area is 94.3 Å². The Morgan fingerprint density at radius 1 is 1.31 bits per heavy atom. The van der Waals surface area contributed by atoms with E-state index in [1.165, 1.54) is 12.1 Å². The van der Waals surface area contributed by atoms with Crippen LogP contribution in [-0.2, 0) is 6.54 Å². The molecule has 0 fully saturated rings. The fourth-order valence-electron chi connectivity index (χ4n) is 1.81. The number of hydrogen-bond acceptors (Lipinski definition) is 1. The second-order valence-corrected chi connectivity index (χ2v) is 3.52. The third kappa shape index (κ3) is 1.81. The van der Waals surface area contributed by atoms with Gasteiger partial charge < -0.3 is 9.30 Å². The van der Waals surface area contributed by atoms with Crippen molar-refractivity contribution in [3.8, 4) is 17.0 Å². The Balaban J connectivity index is 2.55. The molecule has 2 nitrogen and oxygen atoms in total. The van der Waals surface area contributed by atoms with E-state index < -0.39 is 0 Å². The van der Waals surface area contributed by atoms with E-state index in [4.69, 9.17) is 4.74 Å². The zero-order valence-electron chi connectivity index (χ0n) is 9.40. The van der Waals surface area contributed by atoms with Crippen LogP contribution in [0.15, 0.2) is 36.5 Å². The number of halogens is 1. The molecule has 0 spiro atoms. The van der Waals surface area contributed by atoms with Crippen molar-refractivity contribution in [2.24, 2.45) is 0 Å². The van der Waals surface area contributed by atoms with Crippen molar-refractivity contribution < 1.29 is 9.13 Å². The summed E-state index contributed by atoms with van der Waals surface area (Å²) in [6.07, 6.45) is 2.00. The van der Waals surface area contributed by atoms with Gasteiger partial charge in [0.2, 0.25) is 0 Å². The number of methoxy groups -OCH3 is 1. The van der Waals surface area contributed by atoms with Gasteiger partial charge in [0.1, 0.15) is 11.6 Å². The van der Waals surface area contributed by atoms with E-state index in [0.717, 1.165) is 17.8 Å². The first-order valence-corrected chi connectivity index (χ1v) is 5.25. The third-order valence-electron chi connectivity index (χ3n) is 2.61. The lowest BCUT2D eigenvalue weighted by atomic mass is 10.1. The Morgan fingerprint density at radius 3 is 2.81 bits per heavy atom. The number of hydrogen-bond donors (Lipinski definition) is 0. The summed E-state index contributed by atoms with van der Waals surface area (Å²) < 4.78 is 20.4. The fourth-order valence-corrected chi connectivity index (χ4v) is 1.81. The van der Waals surface area contributed by atoms with Crippen LogP contribution in [0, 0.1) is 5.82 Å². The monoisotopic (exact) mass is 219 g/mol. The van der Waals surface area contributed by atoms with E-state index in [9.17, 15) is 4.39 Å². The Bertz CT molecular complexity index is 490. The fraction of sp³-hybridized carbons (Fsp3) is 0.231. The molecule has 3 heteroatoms. The normalized spacial score (nSPS) is 10.4. The number of benzene rings is 1. The molecule has 1 aromatic heterocycles. The maximum atomic E-state index is 13.1. The first-order chi connectivity index (χ1) is 7.76. The van der Waals surface area contributed by atoms with Crippen LogP contribution >= 0.6 is 0 Å². The van der Waals surface area contributed by atoms with E-state index in [1.807, 2.05) is 18.3 Å². The summed E-state index contributed by atoms with van der Waals surface area (Å²) in [5, 5.41) is 0. The molecule has 2 aromatic rings. The number of aryl methyl sites for hydroxylation is 1. The van der Waals surface area contributed by atoms with Gasteiger partial charge in [-0.3, -0.25) is 0 Å². The molecule has 0 atom stereocenters. The average Bonchev–Trinajstić information content (AvgIpc) is 2.76. The Morgan fingerprint density at radius 2 is 2.12 bits per heavy atom. The minimum Gasteiger partial charge on any atom is -0.496 e.